The normalized spacial score (nSPS) is 11.1. The van der Waals surface area contributed by atoms with Gasteiger partial charge in [-0.3, -0.25) is 5.32 Å². The summed E-state index contributed by atoms with van der Waals surface area (Å²) in [5.74, 6) is 0.963. The molecule has 2 aromatic heterocycles. The highest BCUT2D eigenvalue weighted by Crippen LogP contribution is 2.28. The summed E-state index contributed by atoms with van der Waals surface area (Å²) in [5.41, 5.74) is 5.80. The molecule has 4 aromatic rings. The van der Waals surface area contributed by atoms with Gasteiger partial charge in [0.1, 0.15) is 10.8 Å². The van der Waals surface area contributed by atoms with Gasteiger partial charge in [-0.15, -0.1) is 11.8 Å². The second-order valence-corrected chi connectivity index (χ2v) is 9.56. The Hall–Kier alpha value is -3.98. The molecule has 0 saturated heterocycles. The Morgan fingerprint density at radius 2 is 1.63 bits per heavy atom. The van der Waals surface area contributed by atoms with E-state index in [2.05, 4.69) is 41.9 Å². The molecule has 0 bridgehead atoms. The minimum atomic E-state index is -0.393. The van der Waals surface area contributed by atoms with Crippen molar-refractivity contribution in [2.45, 2.75) is 31.2 Å². The van der Waals surface area contributed by atoms with Crippen LogP contribution in [0, 0.1) is 0 Å². The first-order chi connectivity index (χ1) is 16.8. The van der Waals surface area contributed by atoms with Crippen LogP contribution in [0.15, 0.2) is 83.9 Å². The molecule has 8 nitrogen and oxygen atoms in total. The summed E-state index contributed by atoms with van der Waals surface area (Å²) in [6.45, 7) is 6.25. The van der Waals surface area contributed by atoms with Crippen molar-refractivity contribution in [3.8, 4) is 11.6 Å². The topological polar surface area (TPSA) is 93.1 Å². The fourth-order valence-corrected chi connectivity index (χ4v) is 3.74. The van der Waals surface area contributed by atoms with Crippen molar-refractivity contribution in [1.82, 2.24) is 14.8 Å². The summed E-state index contributed by atoms with van der Waals surface area (Å²) in [6.07, 6.45) is 1.89. The van der Waals surface area contributed by atoms with E-state index in [1.165, 1.54) is 11.8 Å². The molecule has 9 heteroatoms. The van der Waals surface area contributed by atoms with Crippen LogP contribution in [0.5, 0.6) is 5.88 Å². The fraction of sp³-hybridized carbons (Fsp3) is 0.192. The number of nitrogens with one attached hydrogen (secondary N) is 3. The van der Waals surface area contributed by atoms with E-state index in [0.717, 1.165) is 17.1 Å². The van der Waals surface area contributed by atoms with Crippen LogP contribution in [0.1, 0.15) is 26.5 Å². The van der Waals surface area contributed by atoms with Crippen LogP contribution >= 0.6 is 11.8 Å². The Morgan fingerprint density at radius 1 is 0.943 bits per heavy atom. The third kappa shape index (κ3) is 6.13. The predicted octanol–water partition coefficient (Wildman–Crippen LogP) is 6.34. The van der Waals surface area contributed by atoms with Gasteiger partial charge in [0.25, 0.3) is 0 Å². The molecule has 0 unspecified atom stereocenters. The molecule has 0 aliphatic heterocycles. The molecule has 2 heterocycles. The van der Waals surface area contributed by atoms with Crippen LogP contribution in [-0.4, -0.2) is 27.1 Å². The molecule has 0 aliphatic rings. The lowest BCUT2D eigenvalue weighted by Crippen LogP contribution is -2.22. The zero-order chi connectivity index (χ0) is 24.8. The van der Waals surface area contributed by atoms with Crippen LogP contribution in [0.3, 0.4) is 0 Å². The Kier molecular flexibility index (Phi) is 7.26. The van der Waals surface area contributed by atoms with Crippen molar-refractivity contribution in [2.24, 2.45) is 0 Å². The molecule has 180 valence electrons. The largest absolute Gasteiger partial charge is 0.362 e. The maximum atomic E-state index is 12.9. The molecule has 3 N–H and O–H groups in total. The van der Waals surface area contributed by atoms with Crippen LogP contribution in [0.4, 0.5) is 22.0 Å². The number of hydrogen-bond acceptors (Lipinski definition) is 6. The number of thioether (sulfide) groups is 1. The third-order valence-electron chi connectivity index (χ3n) is 5.04. The number of nitrogens with zero attached hydrogens (tertiary/aromatic N) is 3. The predicted molar refractivity (Wildman–Crippen MR) is 142 cm³/mol. The second-order valence-electron chi connectivity index (χ2n) is 8.77. The summed E-state index contributed by atoms with van der Waals surface area (Å²) < 4.78 is 1.74. The lowest BCUT2D eigenvalue weighted by atomic mass is 9.92. The number of urea groups is 1. The summed E-state index contributed by atoms with van der Waals surface area (Å²) >= 11 is 1.41. The van der Waals surface area contributed by atoms with E-state index in [9.17, 15) is 4.79 Å². The van der Waals surface area contributed by atoms with Gasteiger partial charge < -0.3 is 10.2 Å². The molecule has 0 spiro atoms. The standard InChI is InChI=1S/C26H28N6O2S/c1-26(2,3)21-17-22(32(30-21)19-13-9-6-10-14-19)28-25(33)27-20-15-16-23(29-24(20)35-4)34-31-18-11-7-5-8-12-18/h5-17,31H,1-4H3,(H2,27,28,33). The van der Waals surface area contributed by atoms with E-state index < -0.39 is 6.03 Å². The number of carbonyl (C=O) groups is 1. The molecule has 0 radical (unpaired) electrons. The van der Waals surface area contributed by atoms with Crippen molar-refractivity contribution in [1.29, 1.82) is 0 Å². The van der Waals surface area contributed by atoms with E-state index in [1.807, 2.05) is 73.0 Å². The summed E-state index contributed by atoms with van der Waals surface area (Å²) in [5, 5.41) is 11.2. The quantitative estimate of drug-likeness (QED) is 0.208. The number of rotatable bonds is 7. The van der Waals surface area contributed by atoms with Gasteiger partial charge in [0.15, 0.2) is 0 Å². The zero-order valence-corrected chi connectivity index (χ0v) is 20.9. The highest BCUT2D eigenvalue weighted by molar-refractivity contribution is 7.98. The summed E-state index contributed by atoms with van der Waals surface area (Å²) in [7, 11) is 0. The van der Waals surface area contributed by atoms with Crippen molar-refractivity contribution >= 4 is 35.0 Å². The van der Waals surface area contributed by atoms with Crippen LogP contribution in [0.25, 0.3) is 5.69 Å². The number of benzene rings is 2. The van der Waals surface area contributed by atoms with Crippen molar-refractivity contribution in [3.05, 3.63) is 84.6 Å². The van der Waals surface area contributed by atoms with E-state index in [0.29, 0.717) is 22.4 Å². The molecule has 0 atom stereocenters. The minimum absolute atomic E-state index is 0.174. The number of aromatic nitrogens is 3. The van der Waals surface area contributed by atoms with Gasteiger partial charge in [0.05, 0.1) is 22.8 Å². The molecule has 35 heavy (non-hydrogen) atoms. The van der Waals surface area contributed by atoms with Crippen LogP contribution < -0.4 is 21.0 Å². The highest BCUT2D eigenvalue weighted by atomic mass is 32.2. The van der Waals surface area contributed by atoms with Gasteiger partial charge in [0.2, 0.25) is 5.88 Å². The maximum Gasteiger partial charge on any atom is 0.324 e. The first kappa shape index (κ1) is 24.2. The molecule has 0 aliphatic carbocycles. The molecule has 4 rings (SSSR count). The molecule has 2 aromatic carbocycles. The lowest BCUT2D eigenvalue weighted by Gasteiger charge is -2.14. The molecular formula is C26H28N6O2S. The van der Waals surface area contributed by atoms with Gasteiger partial charge in [-0.05, 0) is 36.6 Å². The first-order valence-electron chi connectivity index (χ1n) is 11.1. The van der Waals surface area contributed by atoms with E-state index in [-0.39, 0.29) is 5.41 Å². The van der Waals surface area contributed by atoms with Crippen LogP contribution in [0.2, 0.25) is 0 Å². The summed E-state index contributed by atoms with van der Waals surface area (Å²) in [6, 6.07) is 24.2. The van der Waals surface area contributed by atoms with Gasteiger partial charge in [-0.1, -0.05) is 57.2 Å². The monoisotopic (exact) mass is 488 g/mol. The Morgan fingerprint density at radius 3 is 2.29 bits per heavy atom. The Balaban J connectivity index is 1.49. The van der Waals surface area contributed by atoms with Gasteiger partial charge >= 0.3 is 6.03 Å². The van der Waals surface area contributed by atoms with Crippen molar-refractivity contribution in [3.63, 3.8) is 0 Å². The van der Waals surface area contributed by atoms with Gasteiger partial charge in [-0.25, -0.2) is 19.9 Å². The minimum Gasteiger partial charge on any atom is -0.362 e. The number of carbonyl (C=O) groups excluding carboxylic acids is 1. The molecule has 2 amide bonds. The second kappa shape index (κ2) is 10.5. The molecule has 0 fully saturated rings. The van der Waals surface area contributed by atoms with Crippen molar-refractivity contribution < 1.29 is 9.63 Å². The van der Waals surface area contributed by atoms with E-state index in [1.54, 1.807) is 16.8 Å². The number of pyridine rings is 1. The number of amides is 2. The van der Waals surface area contributed by atoms with E-state index >= 15 is 0 Å². The average molecular weight is 489 g/mol. The van der Waals surface area contributed by atoms with Crippen LogP contribution in [-0.2, 0) is 5.41 Å². The number of anilines is 3. The Bertz CT molecular complexity index is 1290. The third-order valence-corrected chi connectivity index (χ3v) is 5.74. The van der Waals surface area contributed by atoms with Gasteiger partial charge in [0, 0.05) is 17.5 Å². The molecule has 0 saturated carbocycles. The smallest absolute Gasteiger partial charge is 0.324 e. The van der Waals surface area contributed by atoms with Gasteiger partial charge in [-0.2, -0.15) is 5.10 Å². The number of hydrogen-bond donors (Lipinski definition) is 3. The Labute approximate surface area is 209 Å². The zero-order valence-electron chi connectivity index (χ0n) is 20.1. The van der Waals surface area contributed by atoms with E-state index in [4.69, 9.17) is 9.94 Å². The summed E-state index contributed by atoms with van der Waals surface area (Å²) in [4.78, 5) is 23.0. The lowest BCUT2D eigenvalue weighted by molar-refractivity contribution is 0.262. The van der Waals surface area contributed by atoms with Crippen molar-refractivity contribution in [2.75, 3.05) is 22.4 Å². The average Bonchev–Trinajstić information content (AvgIpc) is 3.29. The molecular weight excluding hydrogens is 460 g/mol. The highest BCUT2D eigenvalue weighted by Gasteiger charge is 2.22. The number of para-hydroxylation sites is 2. The SMILES string of the molecule is CSc1nc(ONc2ccccc2)ccc1NC(=O)Nc1cc(C(C)(C)C)nn1-c1ccccc1. The first-order valence-corrected chi connectivity index (χ1v) is 12.3. The fourth-order valence-electron chi connectivity index (χ4n) is 3.22. The maximum absolute atomic E-state index is 12.9.